The van der Waals surface area contributed by atoms with Crippen molar-refractivity contribution in [2.45, 2.75) is 32.7 Å². The van der Waals surface area contributed by atoms with Crippen molar-refractivity contribution in [2.24, 2.45) is 0 Å². The SMILES string of the molecule is CNC1(C)CCN(c2ccc(C)cc2C)C1. The maximum atomic E-state index is 3.43. The van der Waals surface area contributed by atoms with Crippen molar-refractivity contribution in [2.75, 3.05) is 25.0 Å². The zero-order chi connectivity index (χ0) is 11.8. The Kier molecular flexibility index (Phi) is 2.94. The maximum absolute atomic E-state index is 3.43. The lowest BCUT2D eigenvalue weighted by atomic mass is 10.0. The highest BCUT2D eigenvalue weighted by atomic mass is 15.2. The minimum absolute atomic E-state index is 0.275. The van der Waals surface area contributed by atoms with E-state index in [1.54, 1.807) is 0 Å². The first-order valence-corrected chi connectivity index (χ1v) is 6.05. The zero-order valence-corrected chi connectivity index (χ0v) is 10.8. The summed E-state index contributed by atoms with van der Waals surface area (Å²) in [5, 5.41) is 3.43. The Hall–Kier alpha value is -1.02. The Morgan fingerprint density at radius 2 is 2.06 bits per heavy atom. The van der Waals surface area contributed by atoms with E-state index in [-0.39, 0.29) is 5.54 Å². The average Bonchev–Trinajstić information content (AvgIpc) is 2.62. The number of anilines is 1. The molecule has 0 aromatic heterocycles. The van der Waals surface area contributed by atoms with Gasteiger partial charge in [0.1, 0.15) is 0 Å². The first-order valence-electron chi connectivity index (χ1n) is 6.05. The number of aryl methyl sites for hydroxylation is 2. The molecule has 88 valence electrons. The molecule has 1 atom stereocenters. The molecule has 16 heavy (non-hydrogen) atoms. The number of rotatable bonds is 2. The fourth-order valence-electron chi connectivity index (χ4n) is 2.53. The molecule has 0 bridgehead atoms. The molecule has 1 fully saturated rings. The second-order valence-corrected chi connectivity index (χ2v) is 5.27. The molecule has 1 heterocycles. The lowest BCUT2D eigenvalue weighted by Crippen LogP contribution is -2.42. The third-order valence-corrected chi connectivity index (χ3v) is 3.77. The van der Waals surface area contributed by atoms with Gasteiger partial charge in [-0.1, -0.05) is 17.7 Å². The molecule has 0 saturated carbocycles. The number of nitrogens with one attached hydrogen (secondary N) is 1. The predicted molar refractivity (Wildman–Crippen MR) is 70.2 cm³/mol. The first kappa shape index (κ1) is 11.5. The van der Waals surface area contributed by atoms with Crippen LogP contribution in [-0.4, -0.2) is 25.7 Å². The van der Waals surface area contributed by atoms with E-state index in [9.17, 15) is 0 Å². The van der Waals surface area contributed by atoms with Crippen LogP contribution in [0.15, 0.2) is 18.2 Å². The van der Waals surface area contributed by atoms with E-state index in [1.165, 1.54) is 23.2 Å². The Labute approximate surface area is 98.7 Å². The van der Waals surface area contributed by atoms with Crippen molar-refractivity contribution < 1.29 is 0 Å². The fourth-order valence-corrected chi connectivity index (χ4v) is 2.53. The molecule has 0 aliphatic carbocycles. The Balaban J connectivity index is 2.21. The van der Waals surface area contributed by atoms with Crippen LogP contribution in [0.4, 0.5) is 5.69 Å². The monoisotopic (exact) mass is 218 g/mol. The molecule has 1 aromatic carbocycles. The standard InChI is InChI=1S/C14H22N2/c1-11-5-6-13(12(2)9-11)16-8-7-14(3,10-16)15-4/h5-6,9,15H,7-8,10H2,1-4H3. The third-order valence-electron chi connectivity index (χ3n) is 3.77. The minimum atomic E-state index is 0.275. The van der Waals surface area contributed by atoms with Crippen LogP contribution in [0.5, 0.6) is 0 Å². The van der Waals surface area contributed by atoms with Crippen molar-refractivity contribution in [1.29, 1.82) is 0 Å². The van der Waals surface area contributed by atoms with E-state index >= 15 is 0 Å². The molecule has 2 rings (SSSR count). The highest BCUT2D eigenvalue weighted by Crippen LogP contribution is 2.29. The second kappa shape index (κ2) is 4.10. The van der Waals surface area contributed by atoms with E-state index in [4.69, 9.17) is 0 Å². The summed E-state index contributed by atoms with van der Waals surface area (Å²) >= 11 is 0. The van der Waals surface area contributed by atoms with Gasteiger partial charge in [0.25, 0.3) is 0 Å². The molecule has 0 radical (unpaired) electrons. The first-order chi connectivity index (χ1) is 7.54. The molecular formula is C14H22N2. The van der Waals surface area contributed by atoms with Crippen LogP contribution in [0.2, 0.25) is 0 Å². The van der Waals surface area contributed by atoms with Crippen LogP contribution < -0.4 is 10.2 Å². The van der Waals surface area contributed by atoms with Gasteiger partial charge in [0.2, 0.25) is 0 Å². The van der Waals surface area contributed by atoms with Crippen molar-refractivity contribution in [3.05, 3.63) is 29.3 Å². The summed E-state index contributed by atoms with van der Waals surface area (Å²) in [5.41, 5.74) is 4.40. The van der Waals surface area contributed by atoms with E-state index in [2.05, 4.69) is 56.2 Å². The average molecular weight is 218 g/mol. The van der Waals surface area contributed by atoms with Gasteiger partial charge in [-0.2, -0.15) is 0 Å². The van der Waals surface area contributed by atoms with Crippen LogP contribution in [0.25, 0.3) is 0 Å². The molecular weight excluding hydrogens is 196 g/mol. The molecule has 2 heteroatoms. The molecule has 0 spiro atoms. The van der Waals surface area contributed by atoms with Crippen LogP contribution in [0.1, 0.15) is 24.5 Å². The maximum Gasteiger partial charge on any atom is 0.0396 e. The summed E-state index contributed by atoms with van der Waals surface area (Å²) < 4.78 is 0. The summed E-state index contributed by atoms with van der Waals surface area (Å²) in [6, 6.07) is 6.73. The van der Waals surface area contributed by atoms with Gasteiger partial charge in [-0.05, 0) is 45.9 Å². The van der Waals surface area contributed by atoms with Crippen LogP contribution in [0.3, 0.4) is 0 Å². The summed E-state index contributed by atoms with van der Waals surface area (Å²) in [6.07, 6.45) is 1.22. The molecule has 1 N–H and O–H groups in total. The molecule has 2 nitrogen and oxygen atoms in total. The fraction of sp³-hybridized carbons (Fsp3) is 0.571. The second-order valence-electron chi connectivity index (χ2n) is 5.27. The van der Waals surface area contributed by atoms with Crippen LogP contribution in [0, 0.1) is 13.8 Å². The smallest absolute Gasteiger partial charge is 0.0396 e. The Bertz CT molecular complexity index is 386. The number of benzene rings is 1. The van der Waals surface area contributed by atoms with Crippen LogP contribution >= 0.6 is 0 Å². The topological polar surface area (TPSA) is 15.3 Å². The normalized spacial score (nSPS) is 25.1. The van der Waals surface area contributed by atoms with E-state index in [0.717, 1.165) is 13.1 Å². The highest BCUT2D eigenvalue weighted by Gasteiger charge is 2.32. The van der Waals surface area contributed by atoms with Crippen molar-refractivity contribution >= 4 is 5.69 Å². The Morgan fingerprint density at radius 1 is 1.31 bits per heavy atom. The molecule has 1 aromatic rings. The number of hydrogen-bond donors (Lipinski definition) is 1. The van der Waals surface area contributed by atoms with Gasteiger partial charge in [0.15, 0.2) is 0 Å². The quantitative estimate of drug-likeness (QED) is 0.820. The van der Waals surface area contributed by atoms with Crippen molar-refractivity contribution in [1.82, 2.24) is 5.32 Å². The largest absolute Gasteiger partial charge is 0.369 e. The zero-order valence-electron chi connectivity index (χ0n) is 10.8. The third kappa shape index (κ3) is 2.07. The van der Waals surface area contributed by atoms with Gasteiger partial charge in [-0.25, -0.2) is 0 Å². The molecule has 1 unspecified atom stereocenters. The van der Waals surface area contributed by atoms with Gasteiger partial charge in [-0.3, -0.25) is 0 Å². The minimum Gasteiger partial charge on any atom is -0.369 e. The summed E-state index contributed by atoms with van der Waals surface area (Å²) in [7, 11) is 2.06. The predicted octanol–water partition coefficient (Wildman–Crippen LogP) is 2.49. The summed E-state index contributed by atoms with van der Waals surface area (Å²) in [5.74, 6) is 0. The molecule has 1 aliphatic heterocycles. The lowest BCUT2D eigenvalue weighted by Gasteiger charge is -2.26. The lowest BCUT2D eigenvalue weighted by molar-refractivity contribution is 0.428. The van der Waals surface area contributed by atoms with Gasteiger partial charge >= 0.3 is 0 Å². The molecule has 1 saturated heterocycles. The number of likely N-dealkylation sites (N-methyl/N-ethyl adjacent to an activating group) is 1. The summed E-state index contributed by atoms with van der Waals surface area (Å²) in [6.45, 7) is 8.92. The van der Waals surface area contributed by atoms with Gasteiger partial charge < -0.3 is 10.2 Å². The Morgan fingerprint density at radius 3 is 2.62 bits per heavy atom. The van der Waals surface area contributed by atoms with E-state index in [0.29, 0.717) is 0 Å². The van der Waals surface area contributed by atoms with Crippen LogP contribution in [-0.2, 0) is 0 Å². The highest BCUT2D eigenvalue weighted by molar-refractivity contribution is 5.55. The number of nitrogens with zero attached hydrogens (tertiary/aromatic N) is 1. The summed E-state index contributed by atoms with van der Waals surface area (Å²) in [4.78, 5) is 2.49. The number of hydrogen-bond acceptors (Lipinski definition) is 2. The van der Waals surface area contributed by atoms with Gasteiger partial charge in [0.05, 0.1) is 0 Å². The van der Waals surface area contributed by atoms with E-state index < -0.39 is 0 Å². The van der Waals surface area contributed by atoms with Crippen molar-refractivity contribution in [3.8, 4) is 0 Å². The van der Waals surface area contributed by atoms with Gasteiger partial charge in [0, 0.05) is 24.3 Å². The van der Waals surface area contributed by atoms with Crippen molar-refractivity contribution in [3.63, 3.8) is 0 Å². The molecule has 1 aliphatic rings. The van der Waals surface area contributed by atoms with E-state index in [1.807, 2.05) is 0 Å². The van der Waals surface area contributed by atoms with Gasteiger partial charge in [-0.15, -0.1) is 0 Å². The molecule has 0 amide bonds.